The number of benzene rings is 1. The number of aromatic nitrogens is 4. The fourth-order valence-corrected chi connectivity index (χ4v) is 2.72. The number of amides is 2. The molecule has 9 heteroatoms. The van der Waals surface area contributed by atoms with Crippen LogP contribution in [0.2, 0.25) is 0 Å². The number of carbonyl (C=O) groups is 1. The van der Waals surface area contributed by atoms with Gasteiger partial charge in [-0.1, -0.05) is 6.07 Å². The molecule has 1 aliphatic rings. The highest BCUT2D eigenvalue weighted by Gasteiger charge is 2.13. The van der Waals surface area contributed by atoms with E-state index in [1.807, 2.05) is 29.0 Å². The number of nitrogens with zero attached hydrogens (tertiary/aromatic N) is 4. The van der Waals surface area contributed by atoms with Crippen molar-refractivity contribution in [2.75, 3.05) is 13.3 Å². The average Bonchev–Trinajstić information content (AvgIpc) is 3.36. The Labute approximate surface area is 155 Å². The lowest BCUT2D eigenvalue weighted by atomic mass is 10.2. The molecule has 2 amide bonds. The minimum absolute atomic E-state index is 0.234. The lowest BCUT2D eigenvalue weighted by Gasteiger charge is -2.10. The number of fused-ring (bicyclic) bond motifs is 1. The summed E-state index contributed by atoms with van der Waals surface area (Å²) < 4.78 is 12.5. The van der Waals surface area contributed by atoms with Crippen LogP contribution in [0.3, 0.4) is 0 Å². The first-order chi connectivity index (χ1) is 13.3. The van der Waals surface area contributed by atoms with Crippen LogP contribution in [0.1, 0.15) is 5.56 Å². The van der Waals surface area contributed by atoms with E-state index in [-0.39, 0.29) is 12.8 Å². The number of rotatable bonds is 6. The summed E-state index contributed by atoms with van der Waals surface area (Å²) in [6.45, 7) is 1.66. The Kier molecular flexibility index (Phi) is 4.82. The van der Waals surface area contributed by atoms with E-state index >= 15 is 0 Å². The molecule has 138 valence electrons. The van der Waals surface area contributed by atoms with E-state index in [0.29, 0.717) is 36.9 Å². The first-order valence-electron chi connectivity index (χ1n) is 8.47. The molecule has 0 bridgehead atoms. The van der Waals surface area contributed by atoms with Crippen molar-refractivity contribution in [2.45, 2.75) is 13.1 Å². The number of hydrogen-bond donors (Lipinski definition) is 2. The third-order valence-corrected chi connectivity index (χ3v) is 4.04. The van der Waals surface area contributed by atoms with Crippen LogP contribution < -0.4 is 20.1 Å². The van der Waals surface area contributed by atoms with Gasteiger partial charge in [0.2, 0.25) is 6.79 Å². The van der Waals surface area contributed by atoms with Crippen molar-refractivity contribution in [1.82, 2.24) is 30.2 Å². The summed E-state index contributed by atoms with van der Waals surface area (Å²) in [5.41, 5.74) is 1.63. The number of carbonyl (C=O) groups excluding carboxylic acids is 1. The van der Waals surface area contributed by atoms with Crippen molar-refractivity contribution >= 4 is 6.03 Å². The van der Waals surface area contributed by atoms with Crippen LogP contribution in [0, 0.1) is 0 Å². The predicted octanol–water partition coefficient (Wildman–Crippen LogP) is 1.57. The smallest absolute Gasteiger partial charge is 0.315 e. The summed E-state index contributed by atoms with van der Waals surface area (Å²) in [6, 6.07) is 5.35. The van der Waals surface area contributed by atoms with Crippen LogP contribution in [0.5, 0.6) is 11.5 Å². The third-order valence-electron chi connectivity index (χ3n) is 4.04. The van der Waals surface area contributed by atoms with Gasteiger partial charge in [-0.15, -0.1) is 0 Å². The topological polar surface area (TPSA) is 103 Å². The molecule has 2 N–H and O–H groups in total. The van der Waals surface area contributed by atoms with Crippen molar-refractivity contribution in [2.24, 2.45) is 0 Å². The van der Waals surface area contributed by atoms with Crippen molar-refractivity contribution < 1.29 is 14.3 Å². The van der Waals surface area contributed by atoms with Crippen LogP contribution in [-0.2, 0) is 13.1 Å². The molecule has 0 radical (unpaired) electrons. The van der Waals surface area contributed by atoms with Crippen molar-refractivity contribution in [3.8, 4) is 23.0 Å². The van der Waals surface area contributed by atoms with E-state index in [2.05, 4.69) is 25.6 Å². The van der Waals surface area contributed by atoms with Gasteiger partial charge in [0.05, 0.1) is 6.20 Å². The standard InChI is InChI=1S/C18H18N6O3/c25-18(23-10-13-1-2-15-16(9-13)27-12-26-15)22-6-8-24-7-5-21-17(24)14-11-19-3-4-20-14/h1-5,7,9,11H,6,8,10,12H2,(H2,22,23,25). The molecule has 0 saturated carbocycles. The molecule has 4 rings (SSSR count). The zero-order chi connectivity index (χ0) is 18.5. The highest BCUT2D eigenvalue weighted by atomic mass is 16.7. The normalized spacial score (nSPS) is 12.0. The maximum absolute atomic E-state index is 12.0. The second kappa shape index (κ2) is 7.73. The van der Waals surface area contributed by atoms with Crippen molar-refractivity contribution in [3.05, 3.63) is 54.7 Å². The van der Waals surface area contributed by atoms with Gasteiger partial charge in [0.25, 0.3) is 0 Å². The Morgan fingerprint density at radius 2 is 2.04 bits per heavy atom. The van der Waals surface area contributed by atoms with Crippen LogP contribution in [0.25, 0.3) is 11.5 Å². The average molecular weight is 366 g/mol. The summed E-state index contributed by atoms with van der Waals surface area (Å²) in [6.07, 6.45) is 8.43. The fourth-order valence-electron chi connectivity index (χ4n) is 2.72. The van der Waals surface area contributed by atoms with Crippen LogP contribution in [0.4, 0.5) is 4.79 Å². The van der Waals surface area contributed by atoms with Crippen molar-refractivity contribution in [3.63, 3.8) is 0 Å². The van der Waals surface area contributed by atoms with Gasteiger partial charge in [0.15, 0.2) is 17.3 Å². The lowest BCUT2D eigenvalue weighted by Crippen LogP contribution is -2.36. The minimum Gasteiger partial charge on any atom is -0.454 e. The van der Waals surface area contributed by atoms with E-state index in [0.717, 1.165) is 11.3 Å². The van der Waals surface area contributed by atoms with Gasteiger partial charge in [-0.25, -0.2) is 14.8 Å². The van der Waals surface area contributed by atoms with Crippen LogP contribution in [-0.4, -0.2) is 38.9 Å². The van der Waals surface area contributed by atoms with Gasteiger partial charge in [-0.2, -0.15) is 0 Å². The van der Waals surface area contributed by atoms with Gasteiger partial charge in [0.1, 0.15) is 5.69 Å². The van der Waals surface area contributed by atoms with E-state index in [1.54, 1.807) is 24.8 Å². The van der Waals surface area contributed by atoms with Gasteiger partial charge < -0.3 is 24.7 Å². The van der Waals surface area contributed by atoms with E-state index in [4.69, 9.17) is 9.47 Å². The SMILES string of the molecule is O=C(NCCn1ccnc1-c1cnccn1)NCc1ccc2c(c1)OCO2. The molecule has 0 spiro atoms. The molecule has 2 aromatic heterocycles. The third kappa shape index (κ3) is 3.97. The fraction of sp³-hybridized carbons (Fsp3) is 0.222. The number of ether oxygens (including phenoxy) is 2. The monoisotopic (exact) mass is 366 g/mol. The highest BCUT2D eigenvalue weighted by Crippen LogP contribution is 2.32. The second-order valence-electron chi connectivity index (χ2n) is 5.83. The quantitative estimate of drug-likeness (QED) is 0.686. The summed E-state index contributed by atoms with van der Waals surface area (Å²) in [5, 5.41) is 5.65. The van der Waals surface area contributed by atoms with Crippen molar-refractivity contribution in [1.29, 1.82) is 0 Å². The Morgan fingerprint density at radius 1 is 1.11 bits per heavy atom. The zero-order valence-corrected chi connectivity index (χ0v) is 14.5. The summed E-state index contributed by atoms with van der Waals surface area (Å²) in [4.78, 5) is 24.6. The first-order valence-corrected chi connectivity index (χ1v) is 8.47. The lowest BCUT2D eigenvalue weighted by molar-refractivity contribution is 0.174. The Hall–Kier alpha value is -3.62. The number of nitrogens with one attached hydrogen (secondary N) is 2. The molecule has 3 aromatic rings. The van der Waals surface area contributed by atoms with E-state index in [1.165, 1.54) is 0 Å². The maximum atomic E-state index is 12.0. The van der Waals surface area contributed by atoms with E-state index < -0.39 is 0 Å². The summed E-state index contributed by atoms with van der Waals surface area (Å²) in [7, 11) is 0. The molecule has 27 heavy (non-hydrogen) atoms. The first kappa shape index (κ1) is 16.8. The molecular formula is C18H18N6O3. The highest BCUT2D eigenvalue weighted by molar-refractivity contribution is 5.73. The number of urea groups is 1. The Morgan fingerprint density at radius 3 is 2.93 bits per heavy atom. The molecule has 3 heterocycles. The predicted molar refractivity (Wildman–Crippen MR) is 96.1 cm³/mol. The van der Waals surface area contributed by atoms with Gasteiger partial charge in [-0.05, 0) is 17.7 Å². The molecule has 1 aromatic carbocycles. The van der Waals surface area contributed by atoms with Gasteiger partial charge in [-0.3, -0.25) is 4.98 Å². The Balaban J connectivity index is 1.25. The minimum atomic E-state index is -0.242. The molecule has 0 atom stereocenters. The molecule has 0 fully saturated rings. The number of imidazole rings is 1. The van der Waals surface area contributed by atoms with Gasteiger partial charge in [0, 0.05) is 44.4 Å². The van der Waals surface area contributed by atoms with Crippen LogP contribution in [0.15, 0.2) is 49.2 Å². The summed E-state index contributed by atoms with van der Waals surface area (Å²) in [5.74, 6) is 2.14. The van der Waals surface area contributed by atoms with Gasteiger partial charge >= 0.3 is 6.03 Å². The maximum Gasteiger partial charge on any atom is 0.315 e. The molecule has 0 saturated heterocycles. The zero-order valence-electron chi connectivity index (χ0n) is 14.5. The van der Waals surface area contributed by atoms with Crippen LogP contribution >= 0.6 is 0 Å². The van der Waals surface area contributed by atoms with E-state index in [9.17, 15) is 4.79 Å². The Bertz CT molecular complexity index is 928. The summed E-state index contributed by atoms with van der Waals surface area (Å²) >= 11 is 0. The second-order valence-corrected chi connectivity index (χ2v) is 5.83. The molecule has 1 aliphatic heterocycles. The molecule has 9 nitrogen and oxygen atoms in total. The largest absolute Gasteiger partial charge is 0.454 e. The molecule has 0 aliphatic carbocycles. The molecular weight excluding hydrogens is 348 g/mol. The number of hydrogen-bond acceptors (Lipinski definition) is 6. The molecule has 0 unspecified atom stereocenters.